The summed E-state index contributed by atoms with van der Waals surface area (Å²) in [5.41, 5.74) is 7.51. The van der Waals surface area contributed by atoms with Gasteiger partial charge in [0.25, 0.3) is 0 Å². The van der Waals surface area contributed by atoms with E-state index in [0.717, 1.165) is 29.7 Å². The van der Waals surface area contributed by atoms with Gasteiger partial charge in [-0.05, 0) is 44.7 Å². The zero-order chi connectivity index (χ0) is 11.7. The third-order valence-electron chi connectivity index (χ3n) is 3.54. The molecule has 16 heavy (non-hydrogen) atoms. The van der Waals surface area contributed by atoms with Gasteiger partial charge in [-0.3, -0.25) is 0 Å². The lowest BCUT2D eigenvalue weighted by Crippen LogP contribution is -2.40. The third-order valence-corrected chi connectivity index (χ3v) is 3.54. The summed E-state index contributed by atoms with van der Waals surface area (Å²) in [7, 11) is 0. The van der Waals surface area contributed by atoms with Crippen molar-refractivity contribution >= 4 is 11.5 Å². The van der Waals surface area contributed by atoms with Crippen molar-refractivity contribution in [2.45, 2.75) is 39.7 Å². The summed E-state index contributed by atoms with van der Waals surface area (Å²) in [5, 5.41) is 0. The molecule has 1 saturated heterocycles. The molecule has 2 heterocycles. The van der Waals surface area contributed by atoms with Gasteiger partial charge in [0.05, 0.1) is 11.4 Å². The Morgan fingerprint density at radius 3 is 2.75 bits per heavy atom. The van der Waals surface area contributed by atoms with Crippen LogP contribution in [-0.4, -0.2) is 17.6 Å². The minimum atomic E-state index is 0.583. The molecule has 3 heteroatoms. The quantitative estimate of drug-likeness (QED) is 0.789. The highest BCUT2D eigenvalue weighted by atomic mass is 15.2. The monoisotopic (exact) mass is 219 g/mol. The van der Waals surface area contributed by atoms with E-state index in [9.17, 15) is 0 Å². The molecule has 0 amide bonds. The third kappa shape index (κ3) is 2.13. The van der Waals surface area contributed by atoms with Crippen LogP contribution >= 0.6 is 0 Å². The first-order valence-corrected chi connectivity index (χ1v) is 6.07. The van der Waals surface area contributed by atoms with Crippen LogP contribution in [0.15, 0.2) is 12.1 Å². The summed E-state index contributed by atoms with van der Waals surface area (Å²) in [6.45, 7) is 7.69. The van der Waals surface area contributed by atoms with Crippen LogP contribution in [-0.2, 0) is 0 Å². The fraction of sp³-hybridized carbons (Fsp3) is 0.615. The van der Waals surface area contributed by atoms with Gasteiger partial charge in [0.1, 0.15) is 5.82 Å². The Morgan fingerprint density at radius 1 is 1.38 bits per heavy atom. The Bertz CT molecular complexity index is 375. The molecular weight excluding hydrogens is 198 g/mol. The average Bonchev–Trinajstić information content (AvgIpc) is 2.22. The standard InChI is InChI=1S/C13H21N3/c1-9-6-7-16(10(2)8-9)13-5-4-12(14)11(3)15-13/h4-5,9-10H,6-8,14H2,1-3H3. The second-order valence-corrected chi connectivity index (χ2v) is 5.02. The molecule has 0 aromatic carbocycles. The SMILES string of the molecule is Cc1nc(N2CCC(C)CC2C)ccc1N. The molecule has 0 saturated carbocycles. The number of rotatable bonds is 1. The van der Waals surface area contributed by atoms with Gasteiger partial charge in [-0.1, -0.05) is 6.92 Å². The van der Waals surface area contributed by atoms with Crippen molar-refractivity contribution in [3.63, 3.8) is 0 Å². The molecule has 3 nitrogen and oxygen atoms in total. The fourth-order valence-electron chi connectivity index (χ4n) is 2.47. The van der Waals surface area contributed by atoms with Crippen LogP contribution < -0.4 is 10.6 Å². The number of nitrogen functional groups attached to an aromatic ring is 1. The Hall–Kier alpha value is -1.25. The molecule has 2 rings (SSSR count). The van der Waals surface area contributed by atoms with Crippen LogP contribution in [0.5, 0.6) is 0 Å². The molecule has 2 N–H and O–H groups in total. The average molecular weight is 219 g/mol. The number of hydrogen-bond acceptors (Lipinski definition) is 3. The van der Waals surface area contributed by atoms with Crippen LogP contribution in [0.25, 0.3) is 0 Å². The second-order valence-electron chi connectivity index (χ2n) is 5.02. The Morgan fingerprint density at radius 2 is 2.12 bits per heavy atom. The van der Waals surface area contributed by atoms with Crippen LogP contribution in [0.4, 0.5) is 11.5 Å². The van der Waals surface area contributed by atoms with Crippen LogP contribution in [0.1, 0.15) is 32.4 Å². The van der Waals surface area contributed by atoms with Crippen molar-refractivity contribution in [3.8, 4) is 0 Å². The maximum absolute atomic E-state index is 5.79. The molecule has 0 bridgehead atoms. The molecule has 1 aromatic rings. The number of piperidine rings is 1. The molecule has 1 aromatic heterocycles. The van der Waals surface area contributed by atoms with Crippen LogP contribution in [0.3, 0.4) is 0 Å². The molecule has 1 fully saturated rings. The topological polar surface area (TPSA) is 42.2 Å². The molecule has 2 atom stereocenters. The normalized spacial score (nSPS) is 25.8. The van der Waals surface area contributed by atoms with Gasteiger partial charge in [0, 0.05) is 12.6 Å². The highest BCUT2D eigenvalue weighted by Gasteiger charge is 2.23. The van der Waals surface area contributed by atoms with Crippen molar-refractivity contribution in [1.82, 2.24) is 4.98 Å². The lowest BCUT2D eigenvalue weighted by molar-refractivity contribution is 0.376. The minimum absolute atomic E-state index is 0.583. The van der Waals surface area contributed by atoms with Gasteiger partial charge >= 0.3 is 0 Å². The largest absolute Gasteiger partial charge is 0.397 e. The van der Waals surface area contributed by atoms with Crippen molar-refractivity contribution in [2.24, 2.45) is 5.92 Å². The highest BCUT2D eigenvalue weighted by Crippen LogP contribution is 2.27. The summed E-state index contributed by atoms with van der Waals surface area (Å²) >= 11 is 0. The van der Waals surface area contributed by atoms with Crippen LogP contribution in [0, 0.1) is 12.8 Å². The molecule has 0 aliphatic carbocycles. The maximum Gasteiger partial charge on any atom is 0.129 e. The minimum Gasteiger partial charge on any atom is -0.397 e. The Balaban J connectivity index is 2.20. The number of aryl methyl sites for hydroxylation is 1. The molecule has 0 radical (unpaired) electrons. The predicted molar refractivity (Wildman–Crippen MR) is 68.6 cm³/mol. The first-order valence-electron chi connectivity index (χ1n) is 6.07. The van der Waals surface area contributed by atoms with E-state index < -0.39 is 0 Å². The van der Waals surface area contributed by atoms with Gasteiger partial charge in [0.15, 0.2) is 0 Å². The van der Waals surface area contributed by atoms with Gasteiger partial charge in [-0.25, -0.2) is 4.98 Å². The van der Waals surface area contributed by atoms with Crippen molar-refractivity contribution in [2.75, 3.05) is 17.2 Å². The second kappa shape index (κ2) is 4.32. The first kappa shape index (κ1) is 11.2. The molecule has 88 valence electrons. The van der Waals surface area contributed by atoms with E-state index in [0.29, 0.717) is 6.04 Å². The summed E-state index contributed by atoms with van der Waals surface area (Å²) in [6.07, 6.45) is 2.51. The number of anilines is 2. The summed E-state index contributed by atoms with van der Waals surface area (Å²) in [6, 6.07) is 4.58. The van der Waals surface area contributed by atoms with E-state index >= 15 is 0 Å². The van der Waals surface area contributed by atoms with Crippen LogP contribution in [0.2, 0.25) is 0 Å². The van der Waals surface area contributed by atoms with E-state index in [-0.39, 0.29) is 0 Å². The van der Waals surface area contributed by atoms with Gasteiger partial charge in [-0.15, -0.1) is 0 Å². The van der Waals surface area contributed by atoms with Gasteiger partial charge in [-0.2, -0.15) is 0 Å². The smallest absolute Gasteiger partial charge is 0.129 e. The van der Waals surface area contributed by atoms with Gasteiger partial charge in [0.2, 0.25) is 0 Å². The predicted octanol–water partition coefficient (Wildman–Crippen LogP) is 2.60. The Labute approximate surface area is 97.7 Å². The van der Waals surface area contributed by atoms with Gasteiger partial charge < -0.3 is 10.6 Å². The zero-order valence-corrected chi connectivity index (χ0v) is 10.4. The summed E-state index contributed by atoms with van der Waals surface area (Å²) < 4.78 is 0. The Kier molecular flexibility index (Phi) is 3.03. The molecule has 2 unspecified atom stereocenters. The maximum atomic E-state index is 5.79. The fourth-order valence-corrected chi connectivity index (χ4v) is 2.47. The lowest BCUT2D eigenvalue weighted by atomic mass is 9.93. The number of nitrogens with zero attached hydrogens (tertiary/aromatic N) is 2. The van der Waals surface area contributed by atoms with E-state index in [4.69, 9.17) is 5.73 Å². The van der Waals surface area contributed by atoms with Crippen molar-refractivity contribution in [3.05, 3.63) is 17.8 Å². The van der Waals surface area contributed by atoms with Crippen molar-refractivity contribution in [1.29, 1.82) is 0 Å². The lowest BCUT2D eigenvalue weighted by Gasteiger charge is -2.37. The summed E-state index contributed by atoms with van der Waals surface area (Å²) in [4.78, 5) is 6.97. The molecule has 0 spiro atoms. The van der Waals surface area contributed by atoms with E-state index in [1.54, 1.807) is 0 Å². The summed E-state index contributed by atoms with van der Waals surface area (Å²) in [5.74, 6) is 1.91. The molecule has 1 aliphatic heterocycles. The molecule has 1 aliphatic rings. The number of pyridine rings is 1. The highest BCUT2D eigenvalue weighted by molar-refractivity contribution is 5.51. The number of hydrogen-bond donors (Lipinski definition) is 1. The van der Waals surface area contributed by atoms with E-state index in [1.807, 2.05) is 19.1 Å². The first-order chi connectivity index (χ1) is 7.58. The van der Waals surface area contributed by atoms with E-state index in [1.165, 1.54) is 12.8 Å². The molecular formula is C13H21N3. The number of nitrogens with two attached hydrogens (primary N) is 1. The number of aromatic nitrogens is 1. The van der Waals surface area contributed by atoms with E-state index in [2.05, 4.69) is 23.7 Å². The zero-order valence-electron chi connectivity index (χ0n) is 10.4. The van der Waals surface area contributed by atoms with Crippen molar-refractivity contribution < 1.29 is 0 Å².